The number of fused-ring (bicyclic) bond motifs is 1. The molecule has 0 bridgehead atoms. The van der Waals surface area contributed by atoms with Crippen molar-refractivity contribution in [2.24, 2.45) is 11.3 Å². The molecule has 142 valence electrons. The number of Topliss-reactive ketones (excluding diaryl/α,β-unsaturated/α-hetero) is 2. The number of nitrogens with zero attached hydrogens (tertiary/aromatic N) is 1. The van der Waals surface area contributed by atoms with Crippen LogP contribution in [0.1, 0.15) is 41.5 Å². The summed E-state index contributed by atoms with van der Waals surface area (Å²) in [5.41, 5.74) is -1.82. The van der Waals surface area contributed by atoms with Gasteiger partial charge in [-0.3, -0.25) is 19.2 Å². The summed E-state index contributed by atoms with van der Waals surface area (Å²) in [4.78, 5) is 53.8. The van der Waals surface area contributed by atoms with Gasteiger partial charge < -0.3 is 9.64 Å². The molecule has 1 aliphatic carbocycles. The number of carbonyl (C=O) groups is 4. The van der Waals surface area contributed by atoms with Crippen LogP contribution in [0.2, 0.25) is 0 Å². The summed E-state index contributed by atoms with van der Waals surface area (Å²) >= 11 is 6.11. The zero-order valence-corrected chi connectivity index (χ0v) is 16.1. The number of alkyl halides is 1. The van der Waals surface area contributed by atoms with Gasteiger partial charge in [0.25, 0.3) is 5.91 Å². The monoisotopic (exact) mass is 389 g/mol. The van der Waals surface area contributed by atoms with Crippen molar-refractivity contribution in [3.05, 3.63) is 46.7 Å². The molecule has 3 rings (SSSR count). The highest BCUT2D eigenvalue weighted by Gasteiger charge is 2.63. The number of amides is 1. The third kappa shape index (κ3) is 2.62. The fourth-order valence-corrected chi connectivity index (χ4v) is 3.97. The second-order valence-corrected chi connectivity index (χ2v) is 7.26. The van der Waals surface area contributed by atoms with Gasteiger partial charge in [-0.2, -0.15) is 0 Å². The maximum atomic E-state index is 13.3. The van der Waals surface area contributed by atoms with Crippen molar-refractivity contribution in [1.82, 2.24) is 4.90 Å². The first-order valence-corrected chi connectivity index (χ1v) is 9.33. The highest BCUT2D eigenvalue weighted by Crippen LogP contribution is 2.47. The Morgan fingerprint density at radius 2 is 1.74 bits per heavy atom. The number of ketones is 2. The predicted octanol–water partition coefficient (Wildman–Crippen LogP) is 2.61. The molecule has 0 N–H and O–H groups in total. The Bertz CT molecular complexity index is 888. The van der Waals surface area contributed by atoms with Gasteiger partial charge in [-0.25, -0.2) is 0 Å². The van der Waals surface area contributed by atoms with Crippen molar-refractivity contribution in [3.63, 3.8) is 0 Å². The lowest BCUT2D eigenvalue weighted by Gasteiger charge is -2.26. The van der Waals surface area contributed by atoms with Gasteiger partial charge in [-0.05, 0) is 12.8 Å². The number of ether oxygens (including phenoxy) is 1. The van der Waals surface area contributed by atoms with Gasteiger partial charge in [-0.15, -0.1) is 11.6 Å². The zero-order chi connectivity index (χ0) is 19.9. The summed E-state index contributed by atoms with van der Waals surface area (Å²) in [6.45, 7) is 5.57. The summed E-state index contributed by atoms with van der Waals surface area (Å²) in [7, 11) is 0. The Kier molecular flexibility index (Phi) is 4.95. The summed E-state index contributed by atoms with van der Waals surface area (Å²) in [5, 5.41) is 0. The first-order chi connectivity index (χ1) is 12.8. The fraction of sp³-hybridized carbons (Fsp3) is 0.400. The van der Waals surface area contributed by atoms with Crippen LogP contribution in [-0.2, 0) is 14.3 Å². The van der Waals surface area contributed by atoms with Crippen LogP contribution in [0.25, 0.3) is 0 Å². The standard InChI is InChI=1S/C20H20ClNO5/c1-4-27-19(26)20(10-21)14-15(22(18(20)25)9-11(2)3)17(24)13-8-6-5-7-12(13)16(14)23/h5-8,11H,4,9-10H2,1-3H3. The maximum Gasteiger partial charge on any atom is 0.327 e. The van der Waals surface area contributed by atoms with Crippen molar-refractivity contribution in [2.45, 2.75) is 20.8 Å². The lowest BCUT2D eigenvalue weighted by atomic mass is 9.75. The van der Waals surface area contributed by atoms with Crippen LogP contribution >= 0.6 is 11.6 Å². The molecule has 27 heavy (non-hydrogen) atoms. The number of halogens is 1. The van der Waals surface area contributed by atoms with Crippen molar-refractivity contribution in [3.8, 4) is 0 Å². The van der Waals surface area contributed by atoms with E-state index >= 15 is 0 Å². The normalized spacial score (nSPS) is 21.7. The molecule has 1 atom stereocenters. The van der Waals surface area contributed by atoms with Gasteiger partial charge in [-0.1, -0.05) is 38.1 Å². The van der Waals surface area contributed by atoms with Crippen LogP contribution in [0.15, 0.2) is 35.5 Å². The number of hydrogen-bond donors (Lipinski definition) is 0. The van der Waals surface area contributed by atoms with Crippen molar-refractivity contribution < 1.29 is 23.9 Å². The quantitative estimate of drug-likeness (QED) is 0.439. The van der Waals surface area contributed by atoms with E-state index < -0.39 is 34.7 Å². The molecule has 1 unspecified atom stereocenters. The Labute approximate surface area is 162 Å². The van der Waals surface area contributed by atoms with Crippen LogP contribution in [0, 0.1) is 11.3 Å². The molecule has 0 radical (unpaired) electrons. The van der Waals surface area contributed by atoms with E-state index in [9.17, 15) is 19.2 Å². The average Bonchev–Trinajstić information content (AvgIpc) is 2.89. The Balaban J connectivity index is 2.30. The summed E-state index contributed by atoms with van der Waals surface area (Å²) < 4.78 is 5.10. The van der Waals surface area contributed by atoms with E-state index in [1.54, 1.807) is 25.1 Å². The van der Waals surface area contributed by atoms with E-state index in [2.05, 4.69) is 0 Å². The van der Waals surface area contributed by atoms with Crippen molar-refractivity contribution in [2.75, 3.05) is 19.0 Å². The summed E-state index contributed by atoms with van der Waals surface area (Å²) in [5.74, 6) is -3.03. The van der Waals surface area contributed by atoms with Gasteiger partial charge >= 0.3 is 5.97 Å². The molecule has 2 aliphatic rings. The molecule has 0 aromatic heterocycles. The Morgan fingerprint density at radius 1 is 1.15 bits per heavy atom. The molecule has 1 amide bonds. The van der Waals surface area contributed by atoms with Gasteiger partial charge in [0.1, 0.15) is 5.70 Å². The third-order valence-corrected chi connectivity index (χ3v) is 5.18. The lowest BCUT2D eigenvalue weighted by molar-refractivity contribution is -0.158. The van der Waals surface area contributed by atoms with Crippen LogP contribution in [0.4, 0.5) is 0 Å². The van der Waals surface area contributed by atoms with Crippen molar-refractivity contribution in [1.29, 1.82) is 0 Å². The minimum Gasteiger partial charge on any atom is -0.465 e. The summed E-state index contributed by atoms with van der Waals surface area (Å²) in [6, 6.07) is 6.34. The molecular weight excluding hydrogens is 370 g/mol. The van der Waals surface area contributed by atoms with Crippen LogP contribution in [0.5, 0.6) is 0 Å². The predicted molar refractivity (Wildman–Crippen MR) is 98.5 cm³/mol. The largest absolute Gasteiger partial charge is 0.465 e. The topological polar surface area (TPSA) is 80.8 Å². The van der Waals surface area contributed by atoms with Crippen LogP contribution in [0.3, 0.4) is 0 Å². The van der Waals surface area contributed by atoms with E-state index in [0.717, 1.165) is 0 Å². The number of allylic oxidation sites excluding steroid dienone is 1. The molecule has 1 aromatic rings. The van der Waals surface area contributed by atoms with Gasteiger partial charge in [0.2, 0.25) is 5.78 Å². The molecular formula is C20H20ClNO5. The number of benzene rings is 1. The SMILES string of the molecule is CCOC(=O)C1(CCl)C(=O)N(CC(C)C)C2=C1C(=O)c1ccccc1C2=O. The first-order valence-electron chi connectivity index (χ1n) is 8.79. The van der Waals surface area contributed by atoms with E-state index in [-0.39, 0.29) is 41.5 Å². The fourth-order valence-electron chi connectivity index (χ4n) is 3.62. The van der Waals surface area contributed by atoms with Crippen LogP contribution in [-0.4, -0.2) is 47.4 Å². The van der Waals surface area contributed by atoms with E-state index in [4.69, 9.17) is 16.3 Å². The number of rotatable bonds is 5. The maximum absolute atomic E-state index is 13.3. The highest BCUT2D eigenvalue weighted by atomic mass is 35.5. The number of esters is 1. The molecule has 0 saturated heterocycles. The smallest absolute Gasteiger partial charge is 0.327 e. The minimum atomic E-state index is -2.00. The van der Waals surface area contributed by atoms with Gasteiger partial charge in [0.15, 0.2) is 11.2 Å². The van der Waals surface area contributed by atoms with E-state index in [1.165, 1.54) is 11.0 Å². The minimum absolute atomic E-state index is 0.0103. The molecule has 7 heteroatoms. The molecule has 1 aliphatic heterocycles. The molecule has 1 heterocycles. The molecule has 0 spiro atoms. The third-order valence-electron chi connectivity index (χ3n) is 4.77. The van der Waals surface area contributed by atoms with Gasteiger partial charge in [0.05, 0.1) is 18.1 Å². The zero-order valence-electron chi connectivity index (χ0n) is 15.4. The molecule has 1 aromatic carbocycles. The highest BCUT2D eigenvalue weighted by molar-refractivity contribution is 6.36. The lowest BCUT2D eigenvalue weighted by Crippen LogP contribution is -2.47. The molecule has 0 fully saturated rings. The van der Waals surface area contributed by atoms with Crippen LogP contribution < -0.4 is 0 Å². The van der Waals surface area contributed by atoms with E-state index in [0.29, 0.717) is 0 Å². The summed E-state index contributed by atoms with van der Waals surface area (Å²) in [6.07, 6.45) is 0. The van der Waals surface area contributed by atoms with E-state index in [1.807, 2.05) is 13.8 Å². The molecule has 6 nitrogen and oxygen atoms in total. The number of carbonyl (C=O) groups excluding carboxylic acids is 4. The van der Waals surface area contributed by atoms with Crippen molar-refractivity contribution >= 4 is 35.0 Å². The molecule has 0 saturated carbocycles. The second-order valence-electron chi connectivity index (χ2n) is 7.00. The second kappa shape index (κ2) is 6.93. The average molecular weight is 390 g/mol. The Morgan fingerprint density at radius 3 is 2.26 bits per heavy atom. The Hall–Kier alpha value is -2.47. The van der Waals surface area contributed by atoms with Gasteiger partial charge in [0, 0.05) is 17.7 Å². The first kappa shape index (κ1) is 19.3. The number of hydrogen-bond acceptors (Lipinski definition) is 5.